The smallest absolute Gasteiger partial charge is 0.296 e. The van der Waals surface area contributed by atoms with Crippen molar-refractivity contribution in [3.8, 4) is 5.75 Å². The molecule has 4 aromatic carbocycles. The summed E-state index contributed by atoms with van der Waals surface area (Å²) in [6.07, 6.45) is 1.52. The van der Waals surface area contributed by atoms with Crippen LogP contribution in [0.3, 0.4) is 0 Å². The number of azo groups is 2. The van der Waals surface area contributed by atoms with Gasteiger partial charge in [0, 0.05) is 6.26 Å². The number of nitrogens with zero attached hydrogens (tertiary/aromatic N) is 4. The van der Waals surface area contributed by atoms with Crippen molar-refractivity contribution in [3.05, 3.63) is 90.0 Å². The maximum atomic E-state index is 12.1. The van der Waals surface area contributed by atoms with Gasteiger partial charge in [-0.3, -0.25) is 4.55 Å². The van der Waals surface area contributed by atoms with Crippen LogP contribution in [-0.4, -0.2) is 32.8 Å². The van der Waals surface area contributed by atoms with Crippen molar-refractivity contribution in [2.24, 2.45) is 20.5 Å². The molecule has 0 aliphatic heterocycles. The number of benzene rings is 4. The molecule has 0 atom stereocenters. The number of nitrogens with two attached hydrogens (primary N) is 2. The summed E-state index contributed by atoms with van der Waals surface area (Å²) < 4.78 is 57.6. The van der Waals surface area contributed by atoms with Gasteiger partial charge in [-0.05, 0) is 47.9 Å². The van der Waals surface area contributed by atoms with Crippen molar-refractivity contribution in [2.45, 2.75) is 16.2 Å². The largest absolute Gasteiger partial charge is 0.506 e. The Kier molecular flexibility index (Phi) is 7.95. The number of aromatic hydroxyl groups is 1. The number of hydrogen-bond acceptors (Lipinski definition) is 11. The SMILES string of the molecule is CS(=O)(=O)c1ccc(O)c(/N=N/c2cc(S(=O)(=O)O)c(N)c(/N=N/c3ccccc3Cc3ccccc3)c2N)c1. The molecule has 4 rings (SSSR count). The van der Waals surface area contributed by atoms with Crippen molar-refractivity contribution in [2.75, 3.05) is 17.7 Å². The summed E-state index contributed by atoms with van der Waals surface area (Å²) in [5, 5.41) is 26.1. The summed E-state index contributed by atoms with van der Waals surface area (Å²) >= 11 is 0. The van der Waals surface area contributed by atoms with E-state index in [-0.39, 0.29) is 27.6 Å². The van der Waals surface area contributed by atoms with Crippen LogP contribution in [-0.2, 0) is 26.4 Å². The van der Waals surface area contributed by atoms with Crippen LogP contribution in [0.25, 0.3) is 0 Å². The van der Waals surface area contributed by atoms with Gasteiger partial charge in [0.05, 0.1) is 22.0 Å². The lowest BCUT2D eigenvalue weighted by Crippen LogP contribution is -2.05. The van der Waals surface area contributed by atoms with E-state index in [0.29, 0.717) is 12.1 Å². The van der Waals surface area contributed by atoms with Crippen LogP contribution in [0.15, 0.2) is 109 Å². The van der Waals surface area contributed by atoms with E-state index in [2.05, 4.69) is 20.5 Å². The average molecular weight is 581 g/mol. The van der Waals surface area contributed by atoms with E-state index in [0.717, 1.165) is 35.6 Å². The molecule has 0 heterocycles. The van der Waals surface area contributed by atoms with Crippen molar-refractivity contribution >= 4 is 54.1 Å². The third-order valence-corrected chi connectivity index (χ3v) is 7.73. The Labute approximate surface area is 230 Å². The Balaban J connectivity index is 1.79. The summed E-state index contributed by atoms with van der Waals surface area (Å²) in [6, 6.07) is 21.1. The minimum atomic E-state index is -4.86. The number of hydrogen-bond donors (Lipinski definition) is 4. The second kappa shape index (κ2) is 11.2. The van der Waals surface area contributed by atoms with Gasteiger partial charge in [-0.1, -0.05) is 48.5 Å². The van der Waals surface area contributed by atoms with Gasteiger partial charge in [-0.2, -0.15) is 13.5 Å². The minimum absolute atomic E-state index is 0.133. The van der Waals surface area contributed by atoms with E-state index in [1.54, 1.807) is 12.1 Å². The molecule has 0 fully saturated rings. The lowest BCUT2D eigenvalue weighted by molar-refractivity contribution is 0.475. The highest BCUT2D eigenvalue weighted by Crippen LogP contribution is 2.43. The van der Waals surface area contributed by atoms with Crippen molar-refractivity contribution in [1.29, 1.82) is 0 Å². The van der Waals surface area contributed by atoms with E-state index in [1.165, 1.54) is 6.07 Å². The molecule has 40 heavy (non-hydrogen) atoms. The molecule has 0 radical (unpaired) electrons. The molecule has 0 aromatic heterocycles. The van der Waals surface area contributed by atoms with Gasteiger partial charge in [0.25, 0.3) is 10.1 Å². The van der Waals surface area contributed by atoms with Crippen LogP contribution in [0, 0.1) is 0 Å². The highest BCUT2D eigenvalue weighted by Gasteiger charge is 2.22. The van der Waals surface area contributed by atoms with Crippen LogP contribution in [0.2, 0.25) is 0 Å². The fraction of sp³-hybridized carbons (Fsp3) is 0.0769. The molecule has 0 aliphatic carbocycles. The van der Waals surface area contributed by atoms with Gasteiger partial charge in [0.2, 0.25) is 0 Å². The van der Waals surface area contributed by atoms with Crippen LogP contribution in [0.5, 0.6) is 5.75 Å². The maximum Gasteiger partial charge on any atom is 0.296 e. The van der Waals surface area contributed by atoms with Crippen molar-refractivity contribution < 1.29 is 26.5 Å². The van der Waals surface area contributed by atoms with Crippen LogP contribution < -0.4 is 11.5 Å². The number of sulfone groups is 1. The number of rotatable bonds is 8. The van der Waals surface area contributed by atoms with Gasteiger partial charge in [0.15, 0.2) is 9.84 Å². The standard InChI is InChI=1S/C26H24N6O6S2/c1-39(34,35)18-11-12-22(33)20(14-18)30-31-21-15-23(40(36,37)38)25(28)26(24(21)27)32-29-19-10-6-5-9-17(19)13-16-7-3-2-4-8-16/h2-12,14-15,33H,13,27-28H2,1H3,(H,36,37,38)/b31-30+,32-29+. The lowest BCUT2D eigenvalue weighted by atomic mass is 10.0. The molecule has 6 N–H and O–H groups in total. The van der Waals surface area contributed by atoms with Gasteiger partial charge in [-0.15, -0.1) is 15.3 Å². The maximum absolute atomic E-state index is 12.1. The zero-order chi connectivity index (χ0) is 29.1. The predicted molar refractivity (Wildman–Crippen MR) is 150 cm³/mol. The van der Waals surface area contributed by atoms with Crippen LogP contribution in [0.1, 0.15) is 11.1 Å². The van der Waals surface area contributed by atoms with E-state index >= 15 is 0 Å². The summed E-state index contributed by atoms with van der Waals surface area (Å²) in [5.41, 5.74) is 13.0. The van der Waals surface area contributed by atoms with E-state index in [1.807, 2.05) is 42.5 Å². The number of phenolic OH excluding ortho intramolecular Hbond substituents is 1. The molecule has 4 aromatic rings. The fourth-order valence-corrected chi connectivity index (χ4v) is 4.94. The average Bonchev–Trinajstić information content (AvgIpc) is 2.89. The number of nitrogen functional groups attached to an aromatic ring is 2. The second-order valence-electron chi connectivity index (χ2n) is 8.66. The quantitative estimate of drug-likeness (QED) is 0.116. The molecule has 0 bridgehead atoms. The highest BCUT2D eigenvalue weighted by atomic mass is 32.2. The first-order chi connectivity index (χ1) is 18.8. The Hall–Kier alpha value is -4.66. The Bertz CT molecular complexity index is 1860. The normalized spacial score (nSPS) is 12.3. The fourth-order valence-electron chi connectivity index (χ4n) is 3.67. The van der Waals surface area contributed by atoms with E-state index in [9.17, 15) is 26.5 Å². The summed E-state index contributed by atoms with van der Waals surface area (Å²) in [4.78, 5) is -0.872. The van der Waals surface area contributed by atoms with E-state index in [4.69, 9.17) is 11.5 Å². The zero-order valence-electron chi connectivity index (χ0n) is 21.0. The zero-order valence-corrected chi connectivity index (χ0v) is 22.6. The molecule has 206 valence electrons. The molecular formula is C26H24N6O6S2. The molecule has 0 amide bonds. The molecular weight excluding hydrogens is 556 g/mol. The third-order valence-electron chi connectivity index (χ3n) is 5.72. The van der Waals surface area contributed by atoms with Crippen molar-refractivity contribution in [1.82, 2.24) is 0 Å². The third kappa shape index (κ3) is 6.48. The molecule has 0 saturated heterocycles. The topological polar surface area (TPSA) is 210 Å². The van der Waals surface area contributed by atoms with Gasteiger partial charge in [0.1, 0.15) is 27.7 Å². The van der Waals surface area contributed by atoms with Gasteiger partial charge < -0.3 is 16.6 Å². The summed E-state index contributed by atoms with van der Waals surface area (Å²) in [6.45, 7) is 0. The Morgan fingerprint density at radius 3 is 2.02 bits per heavy atom. The molecule has 0 unspecified atom stereocenters. The van der Waals surface area contributed by atoms with E-state index < -0.39 is 36.3 Å². The first kappa shape index (κ1) is 28.4. The monoisotopic (exact) mass is 580 g/mol. The molecule has 14 heteroatoms. The summed E-state index contributed by atoms with van der Waals surface area (Å²) in [7, 11) is -8.48. The van der Waals surface area contributed by atoms with Gasteiger partial charge in [-0.25, -0.2) is 8.42 Å². The van der Waals surface area contributed by atoms with Crippen LogP contribution >= 0.6 is 0 Å². The number of phenols is 1. The summed E-state index contributed by atoms with van der Waals surface area (Å²) in [5.74, 6) is -0.393. The molecule has 0 saturated carbocycles. The highest BCUT2D eigenvalue weighted by molar-refractivity contribution is 7.90. The van der Waals surface area contributed by atoms with Crippen molar-refractivity contribution in [3.63, 3.8) is 0 Å². The Morgan fingerprint density at radius 1 is 0.725 bits per heavy atom. The minimum Gasteiger partial charge on any atom is -0.506 e. The Morgan fingerprint density at radius 2 is 1.35 bits per heavy atom. The molecule has 0 aliphatic rings. The van der Waals surface area contributed by atoms with Crippen LogP contribution in [0.4, 0.5) is 34.1 Å². The molecule has 12 nitrogen and oxygen atoms in total. The first-order valence-electron chi connectivity index (χ1n) is 11.5. The van der Waals surface area contributed by atoms with Gasteiger partial charge >= 0.3 is 0 Å². The first-order valence-corrected chi connectivity index (χ1v) is 14.9. The lowest BCUT2D eigenvalue weighted by Gasteiger charge is -2.11. The second-order valence-corrected chi connectivity index (χ2v) is 12.1. The number of anilines is 2. The molecule has 0 spiro atoms. The predicted octanol–water partition coefficient (Wildman–Crippen LogP) is 5.63.